The van der Waals surface area contributed by atoms with Crippen LogP contribution in [-0.4, -0.2) is 36.5 Å². The average Bonchev–Trinajstić information content (AvgIpc) is 2.41. The van der Waals surface area contributed by atoms with Gasteiger partial charge >= 0.3 is 0 Å². The summed E-state index contributed by atoms with van der Waals surface area (Å²) in [5.41, 5.74) is 6.41. The third-order valence-corrected chi connectivity index (χ3v) is 3.44. The first-order valence-corrected chi connectivity index (χ1v) is 6.57. The van der Waals surface area contributed by atoms with Crippen molar-refractivity contribution >= 4 is 5.84 Å². The maximum Gasteiger partial charge on any atom is 0.128 e. The summed E-state index contributed by atoms with van der Waals surface area (Å²) in [7, 11) is 0. The molecule has 1 aliphatic heterocycles. The minimum Gasteiger partial charge on any atom is -0.384 e. The van der Waals surface area contributed by atoms with Crippen molar-refractivity contribution in [3.63, 3.8) is 0 Å². The summed E-state index contributed by atoms with van der Waals surface area (Å²) in [5.74, 6) is -0.407. The number of halogens is 1. The van der Waals surface area contributed by atoms with Crippen LogP contribution < -0.4 is 5.73 Å². The van der Waals surface area contributed by atoms with Gasteiger partial charge in [-0.25, -0.2) is 4.39 Å². The van der Waals surface area contributed by atoms with Crippen molar-refractivity contribution in [3.8, 4) is 0 Å². The lowest BCUT2D eigenvalue weighted by Gasteiger charge is -2.32. The fourth-order valence-corrected chi connectivity index (χ4v) is 2.25. The molecule has 1 aromatic rings. The van der Waals surface area contributed by atoms with E-state index in [-0.39, 0.29) is 17.8 Å². The van der Waals surface area contributed by atoms with Gasteiger partial charge in [-0.05, 0) is 12.5 Å². The number of nitrogens with two attached hydrogens (primary N) is 1. The van der Waals surface area contributed by atoms with E-state index in [9.17, 15) is 4.39 Å². The van der Waals surface area contributed by atoms with Crippen molar-refractivity contribution in [3.05, 3.63) is 35.1 Å². The number of nitrogens with one attached hydrogen (secondary N) is 1. The molecule has 104 valence electrons. The number of hydrogen-bond donors (Lipinski definition) is 2. The van der Waals surface area contributed by atoms with Crippen LogP contribution in [0, 0.1) is 11.2 Å². The van der Waals surface area contributed by atoms with E-state index in [1.165, 1.54) is 6.07 Å². The van der Waals surface area contributed by atoms with Crippen molar-refractivity contribution < 1.29 is 9.13 Å². The van der Waals surface area contributed by atoms with E-state index in [2.05, 4.69) is 11.8 Å². The van der Waals surface area contributed by atoms with Gasteiger partial charge in [-0.15, -0.1) is 0 Å². The lowest BCUT2D eigenvalue weighted by molar-refractivity contribution is -0.0327. The third-order valence-electron chi connectivity index (χ3n) is 3.44. The third kappa shape index (κ3) is 3.52. The highest BCUT2D eigenvalue weighted by Gasteiger charge is 2.19. The maximum atomic E-state index is 13.9. The Morgan fingerprint density at radius 1 is 1.58 bits per heavy atom. The predicted molar refractivity (Wildman–Crippen MR) is 72.7 cm³/mol. The van der Waals surface area contributed by atoms with Crippen molar-refractivity contribution in [2.24, 2.45) is 5.73 Å². The van der Waals surface area contributed by atoms with Gasteiger partial charge in [0.1, 0.15) is 11.7 Å². The fourth-order valence-electron chi connectivity index (χ4n) is 2.25. The van der Waals surface area contributed by atoms with Crippen molar-refractivity contribution in [2.45, 2.75) is 26.0 Å². The largest absolute Gasteiger partial charge is 0.384 e. The summed E-state index contributed by atoms with van der Waals surface area (Å²) in [5, 5.41) is 7.29. The van der Waals surface area contributed by atoms with E-state index in [1.807, 2.05) is 0 Å². The first kappa shape index (κ1) is 14.0. The highest BCUT2D eigenvalue weighted by atomic mass is 19.1. The Morgan fingerprint density at radius 3 is 3.00 bits per heavy atom. The van der Waals surface area contributed by atoms with Gasteiger partial charge in [0, 0.05) is 30.8 Å². The molecule has 0 bridgehead atoms. The summed E-state index contributed by atoms with van der Waals surface area (Å²) >= 11 is 0. The van der Waals surface area contributed by atoms with E-state index < -0.39 is 0 Å². The molecule has 5 heteroatoms. The number of ether oxygens (including phenoxy) is 1. The van der Waals surface area contributed by atoms with Gasteiger partial charge in [0.15, 0.2) is 0 Å². The van der Waals surface area contributed by atoms with E-state index in [4.69, 9.17) is 15.9 Å². The molecule has 4 nitrogen and oxygen atoms in total. The van der Waals surface area contributed by atoms with Crippen molar-refractivity contribution in [1.29, 1.82) is 5.41 Å². The molecule has 1 atom stereocenters. The SMILES string of the molecule is CCC1CN(Cc2ccc(C(=N)N)cc2F)CCO1. The number of rotatable bonds is 4. The lowest BCUT2D eigenvalue weighted by atomic mass is 10.1. The standard InChI is InChI=1S/C14H20FN3O/c1-2-12-9-18(5-6-19-12)8-11-4-3-10(14(16)17)7-13(11)15/h3-4,7,12H,2,5-6,8-9H2,1H3,(H3,16,17). The van der Waals surface area contributed by atoms with Crippen LogP contribution in [0.15, 0.2) is 18.2 Å². The quantitative estimate of drug-likeness (QED) is 0.643. The number of morpholine rings is 1. The Morgan fingerprint density at radius 2 is 2.37 bits per heavy atom. The number of amidine groups is 1. The van der Waals surface area contributed by atoms with E-state index in [1.54, 1.807) is 12.1 Å². The molecule has 0 saturated carbocycles. The zero-order valence-electron chi connectivity index (χ0n) is 11.2. The van der Waals surface area contributed by atoms with Crippen LogP contribution in [0.1, 0.15) is 24.5 Å². The molecule has 0 aromatic heterocycles. The average molecular weight is 265 g/mol. The Hall–Kier alpha value is -1.46. The maximum absolute atomic E-state index is 13.9. The zero-order valence-corrected chi connectivity index (χ0v) is 11.2. The Bertz CT molecular complexity index is 464. The molecule has 1 aliphatic rings. The van der Waals surface area contributed by atoms with Gasteiger partial charge in [0.25, 0.3) is 0 Å². The lowest BCUT2D eigenvalue weighted by Crippen LogP contribution is -2.41. The molecular formula is C14H20FN3O. The highest BCUT2D eigenvalue weighted by molar-refractivity contribution is 5.94. The minimum absolute atomic E-state index is 0.108. The predicted octanol–water partition coefficient (Wildman–Crippen LogP) is 1.72. The van der Waals surface area contributed by atoms with Crippen LogP contribution in [0.3, 0.4) is 0 Å². The molecule has 0 amide bonds. The summed E-state index contributed by atoms with van der Waals surface area (Å²) in [6.45, 7) is 5.03. The van der Waals surface area contributed by atoms with E-state index in [0.717, 1.165) is 19.5 Å². The minimum atomic E-state index is -0.299. The molecular weight excluding hydrogens is 245 g/mol. The van der Waals surface area contributed by atoms with Crippen LogP contribution in [0.5, 0.6) is 0 Å². The topological polar surface area (TPSA) is 62.3 Å². The molecule has 3 N–H and O–H groups in total. The van der Waals surface area contributed by atoms with Crippen molar-refractivity contribution in [1.82, 2.24) is 4.90 Å². The van der Waals surface area contributed by atoms with Crippen molar-refractivity contribution in [2.75, 3.05) is 19.7 Å². The summed E-state index contributed by atoms with van der Waals surface area (Å²) in [6, 6.07) is 4.73. The Labute approximate surface area is 112 Å². The van der Waals surface area contributed by atoms with Crippen LogP contribution in [-0.2, 0) is 11.3 Å². The molecule has 0 spiro atoms. The first-order chi connectivity index (χ1) is 9.10. The van der Waals surface area contributed by atoms with Gasteiger partial charge in [-0.2, -0.15) is 0 Å². The summed E-state index contributed by atoms with van der Waals surface area (Å²) in [4.78, 5) is 2.20. The number of hydrogen-bond acceptors (Lipinski definition) is 3. The smallest absolute Gasteiger partial charge is 0.128 e. The van der Waals surface area contributed by atoms with Gasteiger partial charge in [0.2, 0.25) is 0 Å². The highest BCUT2D eigenvalue weighted by Crippen LogP contribution is 2.16. The molecule has 0 aliphatic carbocycles. The fraction of sp³-hybridized carbons (Fsp3) is 0.500. The van der Waals surface area contributed by atoms with E-state index >= 15 is 0 Å². The molecule has 1 fully saturated rings. The first-order valence-electron chi connectivity index (χ1n) is 6.57. The summed E-state index contributed by atoms with van der Waals surface area (Å²) < 4.78 is 19.5. The van der Waals surface area contributed by atoms with Crippen LogP contribution in [0.2, 0.25) is 0 Å². The zero-order chi connectivity index (χ0) is 13.8. The number of benzene rings is 1. The van der Waals surface area contributed by atoms with E-state index in [0.29, 0.717) is 24.3 Å². The summed E-state index contributed by atoms with van der Waals surface area (Å²) in [6.07, 6.45) is 1.22. The Balaban J connectivity index is 2.04. The number of nitrogens with zero attached hydrogens (tertiary/aromatic N) is 1. The molecule has 1 heterocycles. The normalized spacial score (nSPS) is 20.4. The van der Waals surface area contributed by atoms with Gasteiger partial charge < -0.3 is 10.5 Å². The second-order valence-electron chi connectivity index (χ2n) is 4.86. The van der Waals surface area contributed by atoms with Crippen LogP contribution in [0.4, 0.5) is 4.39 Å². The molecule has 1 aromatic carbocycles. The second kappa shape index (κ2) is 6.12. The molecule has 19 heavy (non-hydrogen) atoms. The Kier molecular flexibility index (Phi) is 4.50. The van der Waals surface area contributed by atoms with Gasteiger partial charge in [-0.3, -0.25) is 10.3 Å². The molecule has 0 radical (unpaired) electrons. The van der Waals surface area contributed by atoms with Crippen LogP contribution in [0.25, 0.3) is 0 Å². The monoisotopic (exact) mass is 265 g/mol. The second-order valence-corrected chi connectivity index (χ2v) is 4.86. The van der Waals surface area contributed by atoms with Gasteiger partial charge in [0.05, 0.1) is 12.7 Å². The van der Waals surface area contributed by atoms with Crippen LogP contribution >= 0.6 is 0 Å². The number of nitrogen functional groups attached to an aromatic ring is 1. The molecule has 1 unspecified atom stereocenters. The molecule has 2 rings (SSSR count). The molecule has 1 saturated heterocycles. The van der Waals surface area contributed by atoms with Gasteiger partial charge in [-0.1, -0.05) is 19.1 Å².